The lowest BCUT2D eigenvalue weighted by molar-refractivity contribution is -0.100. The van der Waals surface area contributed by atoms with Gasteiger partial charge in [0.1, 0.15) is 16.9 Å². The molecular formula is C23H27F4N9. The Morgan fingerprint density at radius 3 is 2.69 bits per heavy atom. The van der Waals surface area contributed by atoms with Gasteiger partial charge in [-0.2, -0.15) is 4.98 Å². The number of rotatable bonds is 7. The molecule has 0 bridgehead atoms. The van der Waals surface area contributed by atoms with E-state index in [1.54, 1.807) is 54.8 Å². The number of hydrogen-bond acceptors (Lipinski definition) is 7. The summed E-state index contributed by atoms with van der Waals surface area (Å²) in [5.41, 5.74) is 2.76. The number of nitrogens with zero attached hydrogens (tertiary/aromatic N) is 7. The summed E-state index contributed by atoms with van der Waals surface area (Å²) in [4.78, 5) is 15.1. The maximum Gasteiger partial charge on any atom is 0.265 e. The monoisotopic (exact) mass is 505 g/mol. The number of aromatic nitrogens is 6. The Morgan fingerprint density at radius 1 is 1.17 bits per heavy atom. The summed E-state index contributed by atoms with van der Waals surface area (Å²) in [6.45, 7) is 1.56. The number of pyridine rings is 1. The second-order valence-corrected chi connectivity index (χ2v) is 9.12. The molecule has 4 aromatic rings. The van der Waals surface area contributed by atoms with Gasteiger partial charge in [0.15, 0.2) is 11.5 Å². The molecule has 1 aliphatic rings. The summed E-state index contributed by atoms with van der Waals surface area (Å²) >= 11 is 0. The zero-order valence-corrected chi connectivity index (χ0v) is 20.1. The first-order chi connectivity index (χ1) is 17.2. The highest BCUT2D eigenvalue weighted by atomic mass is 19.3. The number of piperidine rings is 1. The number of fused-ring (bicyclic) bond motifs is 2. The summed E-state index contributed by atoms with van der Waals surface area (Å²) in [5.74, 6) is -2.46. The van der Waals surface area contributed by atoms with E-state index in [4.69, 9.17) is 0 Å². The molecule has 36 heavy (non-hydrogen) atoms. The van der Waals surface area contributed by atoms with Crippen LogP contribution in [0.3, 0.4) is 0 Å². The van der Waals surface area contributed by atoms with Crippen molar-refractivity contribution in [1.82, 2.24) is 34.0 Å². The average molecular weight is 506 g/mol. The summed E-state index contributed by atoms with van der Waals surface area (Å²) in [6, 6.07) is 5.31. The number of likely N-dealkylation sites (tertiary alicyclic amines) is 1. The van der Waals surface area contributed by atoms with Crippen molar-refractivity contribution in [2.45, 2.75) is 32.2 Å². The minimum absolute atomic E-state index is 0.0509. The average Bonchev–Trinajstić information content (AvgIpc) is 3.37. The molecule has 0 aliphatic carbocycles. The Balaban J connectivity index is 1.47. The lowest BCUT2D eigenvalue weighted by Crippen LogP contribution is -2.49. The van der Waals surface area contributed by atoms with Crippen molar-refractivity contribution in [1.29, 1.82) is 0 Å². The molecule has 1 atom stereocenters. The van der Waals surface area contributed by atoms with E-state index in [0.717, 1.165) is 0 Å². The predicted octanol–water partition coefficient (Wildman–Crippen LogP) is 3.76. The fourth-order valence-corrected chi connectivity index (χ4v) is 4.72. The van der Waals surface area contributed by atoms with E-state index >= 15 is 0 Å². The minimum Gasteiger partial charge on any atom is -0.371 e. The third-order valence-electron chi connectivity index (χ3n) is 6.57. The fourth-order valence-electron chi connectivity index (χ4n) is 4.72. The first kappa shape index (κ1) is 24.2. The van der Waals surface area contributed by atoms with Gasteiger partial charge in [0.05, 0.1) is 18.8 Å². The third-order valence-corrected chi connectivity index (χ3v) is 6.57. The van der Waals surface area contributed by atoms with E-state index in [9.17, 15) is 17.6 Å². The lowest BCUT2D eigenvalue weighted by Gasteiger charge is -2.36. The molecular weight excluding hydrogens is 478 g/mol. The number of aryl methyl sites for hydroxylation is 1. The molecule has 0 aromatic carbocycles. The summed E-state index contributed by atoms with van der Waals surface area (Å²) in [7, 11) is 3.39. The molecule has 192 valence electrons. The van der Waals surface area contributed by atoms with Crippen LogP contribution in [0.4, 0.5) is 29.3 Å². The van der Waals surface area contributed by atoms with Crippen LogP contribution in [0.2, 0.25) is 0 Å². The number of anilines is 2. The van der Waals surface area contributed by atoms with Crippen molar-refractivity contribution in [3.8, 4) is 11.3 Å². The van der Waals surface area contributed by atoms with E-state index in [1.807, 2.05) is 0 Å². The first-order valence-corrected chi connectivity index (χ1v) is 11.7. The maximum absolute atomic E-state index is 14.4. The van der Waals surface area contributed by atoms with Gasteiger partial charge in [-0.1, -0.05) is 0 Å². The highest BCUT2D eigenvalue weighted by molar-refractivity contribution is 5.89. The summed E-state index contributed by atoms with van der Waals surface area (Å²) < 4.78 is 58.1. The van der Waals surface area contributed by atoms with Crippen molar-refractivity contribution >= 4 is 28.4 Å². The smallest absolute Gasteiger partial charge is 0.265 e. The van der Waals surface area contributed by atoms with Crippen molar-refractivity contribution in [2.75, 3.05) is 44.4 Å². The van der Waals surface area contributed by atoms with Crippen molar-refractivity contribution in [3.05, 3.63) is 30.2 Å². The molecule has 9 nitrogen and oxygen atoms in total. The number of imidazole rings is 1. The Kier molecular flexibility index (Phi) is 6.18. The molecule has 1 saturated heterocycles. The van der Waals surface area contributed by atoms with Crippen LogP contribution >= 0.6 is 0 Å². The number of alkyl halides is 4. The van der Waals surface area contributed by atoms with Gasteiger partial charge < -0.3 is 20.1 Å². The van der Waals surface area contributed by atoms with E-state index in [1.165, 1.54) is 4.57 Å². The van der Waals surface area contributed by atoms with Gasteiger partial charge in [0, 0.05) is 31.3 Å². The van der Waals surface area contributed by atoms with Gasteiger partial charge in [-0.25, -0.2) is 32.0 Å². The molecule has 0 spiro atoms. The molecule has 0 saturated carbocycles. The molecule has 2 N–H and O–H groups in total. The van der Waals surface area contributed by atoms with Gasteiger partial charge in [-0.3, -0.25) is 0 Å². The second kappa shape index (κ2) is 9.19. The molecule has 0 radical (unpaired) electrons. The fraction of sp³-hybridized carbons (Fsp3) is 0.478. The SMILES string of the molecule is CNc1nc(NCC2CCN(C)CC2(F)F)nn2ccc(-c3ccc4nc(C)n(CC(F)F)c4n3)c12. The zero-order chi connectivity index (χ0) is 25.6. The van der Waals surface area contributed by atoms with E-state index in [0.29, 0.717) is 52.5 Å². The zero-order valence-electron chi connectivity index (χ0n) is 20.1. The van der Waals surface area contributed by atoms with E-state index < -0.39 is 24.8 Å². The molecule has 13 heteroatoms. The van der Waals surface area contributed by atoms with E-state index in [2.05, 4.69) is 30.7 Å². The second-order valence-electron chi connectivity index (χ2n) is 9.12. The third kappa shape index (κ3) is 4.43. The van der Waals surface area contributed by atoms with Crippen LogP contribution in [-0.4, -0.2) is 80.1 Å². The normalized spacial score (nSPS) is 18.4. The highest BCUT2D eigenvalue weighted by Gasteiger charge is 2.43. The lowest BCUT2D eigenvalue weighted by atomic mass is 9.93. The Hall–Kier alpha value is -3.48. The van der Waals surface area contributed by atoms with Crippen LogP contribution in [0.1, 0.15) is 12.2 Å². The summed E-state index contributed by atoms with van der Waals surface area (Å²) in [5, 5.41) is 10.5. The highest BCUT2D eigenvalue weighted by Crippen LogP contribution is 2.33. The van der Waals surface area contributed by atoms with Crippen LogP contribution < -0.4 is 10.6 Å². The Bertz CT molecular complexity index is 1400. The van der Waals surface area contributed by atoms with Gasteiger partial charge in [0.2, 0.25) is 5.95 Å². The van der Waals surface area contributed by atoms with Gasteiger partial charge in [-0.05, 0) is 45.1 Å². The maximum atomic E-state index is 14.4. The quantitative estimate of drug-likeness (QED) is 0.370. The van der Waals surface area contributed by atoms with Crippen LogP contribution in [0.25, 0.3) is 27.9 Å². The van der Waals surface area contributed by atoms with Crippen molar-refractivity contribution < 1.29 is 17.6 Å². The molecule has 1 aliphatic heterocycles. The predicted molar refractivity (Wildman–Crippen MR) is 129 cm³/mol. The first-order valence-electron chi connectivity index (χ1n) is 11.7. The van der Waals surface area contributed by atoms with Gasteiger partial charge in [0.25, 0.3) is 12.3 Å². The van der Waals surface area contributed by atoms with Crippen molar-refractivity contribution in [3.63, 3.8) is 0 Å². The molecule has 0 amide bonds. The molecule has 1 unspecified atom stereocenters. The Morgan fingerprint density at radius 2 is 1.97 bits per heavy atom. The van der Waals surface area contributed by atoms with Crippen LogP contribution in [-0.2, 0) is 6.54 Å². The van der Waals surface area contributed by atoms with Crippen molar-refractivity contribution in [2.24, 2.45) is 5.92 Å². The Labute approximate surface area is 204 Å². The van der Waals surface area contributed by atoms with Crippen LogP contribution in [0, 0.1) is 12.8 Å². The topological polar surface area (TPSA) is 88.2 Å². The minimum atomic E-state index is -2.80. The number of nitrogens with one attached hydrogen (secondary N) is 2. The standard InChI is InChI=1S/C23H27F4N9/c1-13-30-17-5-4-16(31-21(17)35(13)11-18(24)25)15-7-9-36-19(15)20(28-2)32-22(33-36)29-10-14-6-8-34(3)12-23(14,26)27/h4-5,7,9,14,18H,6,8,10-12H2,1-3H3,(H2,28,29,32,33). The largest absolute Gasteiger partial charge is 0.371 e. The number of halogens is 4. The number of hydrogen-bond donors (Lipinski definition) is 2. The molecule has 1 fully saturated rings. The van der Waals surface area contributed by atoms with Gasteiger partial charge in [-0.15, -0.1) is 5.10 Å². The van der Waals surface area contributed by atoms with E-state index in [-0.39, 0.29) is 19.0 Å². The molecule has 5 rings (SSSR count). The van der Waals surface area contributed by atoms with Crippen LogP contribution in [0.5, 0.6) is 0 Å². The molecule has 4 aromatic heterocycles. The molecule has 5 heterocycles. The van der Waals surface area contributed by atoms with Gasteiger partial charge >= 0.3 is 0 Å². The van der Waals surface area contributed by atoms with Crippen LogP contribution in [0.15, 0.2) is 24.4 Å². The summed E-state index contributed by atoms with van der Waals surface area (Å²) in [6.07, 6.45) is -0.441.